The zero-order valence-electron chi connectivity index (χ0n) is 9.10. The van der Waals surface area contributed by atoms with Gasteiger partial charge in [0.15, 0.2) is 0 Å². The van der Waals surface area contributed by atoms with Crippen LogP contribution in [0.4, 0.5) is 0 Å². The van der Waals surface area contributed by atoms with Crippen LogP contribution in [0.15, 0.2) is 4.99 Å². The molecule has 2 unspecified atom stereocenters. The van der Waals surface area contributed by atoms with Crippen LogP contribution in [-0.2, 0) is 14.3 Å². The molecule has 84 valence electrons. The summed E-state index contributed by atoms with van der Waals surface area (Å²) in [7, 11) is 0. The molecular formula is C10H16N2O3. The Kier molecular flexibility index (Phi) is 2.90. The van der Waals surface area contributed by atoms with Gasteiger partial charge in [-0.15, -0.1) is 0 Å². The van der Waals surface area contributed by atoms with Crippen molar-refractivity contribution in [2.75, 3.05) is 26.3 Å². The molecule has 0 aliphatic carbocycles. The van der Waals surface area contributed by atoms with Crippen molar-refractivity contribution in [1.29, 1.82) is 0 Å². The number of ether oxygens (including phenoxy) is 2. The van der Waals surface area contributed by atoms with Gasteiger partial charge in [0.25, 0.3) is 0 Å². The molecule has 0 saturated carbocycles. The van der Waals surface area contributed by atoms with Crippen LogP contribution in [0.5, 0.6) is 0 Å². The van der Waals surface area contributed by atoms with Crippen molar-refractivity contribution in [2.45, 2.75) is 26.0 Å². The molecule has 5 nitrogen and oxygen atoms in total. The zero-order chi connectivity index (χ0) is 10.8. The van der Waals surface area contributed by atoms with Gasteiger partial charge in [0, 0.05) is 6.54 Å². The Morgan fingerprint density at radius 2 is 2.53 bits per heavy atom. The lowest BCUT2D eigenvalue weighted by atomic mass is 10.2. The number of carbonyl (C=O) groups excluding carboxylic acids is 1. The molecule has 2 atom stereocenters. The molecule has 0 aromatic carbocycles. The monoisotopic (exact) mass is 212 g/mol. The summed E-state index contributed by atoms with van der Waals surface area (Å²) in [5.74, 6) is 0.158. The maximum absolute atomic E-state index is 11.6. The fraction of sp³-hybridized carbons (Fsp3) is 0.800. The van der Waals surface area contributed by atoms with E-state index < -0.39 is 0 Å². The number of amidine groups is 1. The average molecular weight is 212 g/mol. The lowest BCUT2D eigenvalue weighted by Gasteiger charge is -2.34. The van der Waals surface area contributed by atoms with Crippen molar-refractivity contribution in [3.05, 3.63) is 0 Å². The molecule has 2 aliphatic rings. The SMILES string of the molecule is CCOC(=O)C1=NCC2COC(C)CN12. The van der Waals surface area contributed by atoms with Crippen molar-refractivity contribution in [1.82, 2.24) is 4.90 Å². The second-order valence-corrected chi connectivity index (χ2v) is 3.83. The van der Waals surface area contributed by atoms with Crippen LogP contribution in [0.3, 0.4) is 0 Å². The van der Waals surface area contributed by atoms with Gasteiger partial charge in [0.1, 0.15) is 0 Å². The minimum Gasteiger partial charge on any atom is -0.460 e. The molecule has 0 bridgehead atoms. The minimum atomic E-state index is -0.311. The Labute approximate surface area is 89.1 Å². The highest BCUT2D eigenvalue weighted by molar-refractivity contribution is 6.35. The van der Waals surface area contributed by atoms with Gasteiger partial charge < -0.3 is 14.4 Å². The Morgan fingerprint density at radius 1 is 1.73 bits per heavy atom. The van der Waals surface area contributed by atoms with Crippen molar-refractivity contribution < 1.29 is 14.3 Å². The average Bonchev–Trinajstić information content (AvgIpc) is 2.60. The molecule has 0 N–H and O–H groups in total. The molecule has 0 radical (unpaired) electrons. The Hall–Kier alpha value is -1.10. The summed E-state index contributed by atoms with van der Waals surface area (Å²) < 4.78 is 10.5. The van der Waals surface area contributed by atoms with Gasteiger partial charge in [-0.25, -0.2) is 4.79 Å². The van der Waals surface area contributed by atoms with E-state index in [2.05, 4.69) is 4.99 Å². The normalized spacial score (nSPS) is 29.7. The van der Waals surface area contributed by atoms with Gasteiger partial charge in [-0.3, -0.25) is 4.99 Å². The number of nitrogens with zero attached hydrogens (tertiary/aromatic N) is 2. The van der Waals surface area contributed by atoms with Crippen LogP contribution in [0.1, 0.15) is 13.8 Å². The molecule has 1 fully saturated rings. The lowest BCUT2D eigenvalue weighted by Crippen LogP contribution is -2.51. The number of aliphatic imine (C=N–C) groups is 1. The number of fused-ring (bicyclic) bond motifs is 1. The van der Waals surface area contributed by atoms with Gasteiger partial charge >= 0.3 is 5.97 Å². The third-order valence-corrected chi connectivity index (χ3v) is 2.65. The predicted molar refractivity (Wildman–Crippen MR) is 54.8 cm³/mol. The second-order valence-electron chi connectivity index (χ2n) is 3.83. The molecule has 0 spiro atoms. The maximum Gasteiger partial charge on any atom is 0.373 e. The van der Waals surface area contributed by atoms with E-state index in [0.717, 1.165) is 6.54 Å². The van der Waals surface area contributed by atoms with E-state index in [-0.39, 0.29) is 18.1 Å². The molecule has 0 amide bonds. The van der Waals surface area contributed by atoms with E-state index in [9.17, 15) is 4.79 Å². The number of hydrogen-bond acceptors (Lipinski definition) is 5. The van der Waals surface area contributed by atoms with E-state index in [1.807, 2.05) is 11.8 Å². The van der Waals surface area contributed by atoms with Gasteiger partial charge in [0.2, 0.25) is 5.84 Å². The molecule has 2 rings (SSSR count). The van der Waals surface area contributed by atoms with Crippen LogP contribution in [0, 0.1) is 0 Å². The maximum atomic E-state index is 11.6. The molecule has 1 saturated heterocycles. The molecular weight excluding hydrogens is 196 g/mol. The highest BCUT2D eigenvalue weighted by Crippen LogP contribution is 2.18. The van der Waals surface area contributed by atoms with Crippen LogP contribution < -0.4 is 0 Å². The van der Waals surface area contributed by atoms with Crippen LogP contribution >= 0.6 is 0 Å². The van der Waals surface area contributed by atoms with Gasteiger partial charge in [-0.2, -0.15) is 0 Å². The smallest absolute Gasteiger partial charge is 0.373 e. The first-order valence-electron chi connectivity index (χ1n) is 5.32. The Balaban J connectivity index is 2.04. The summed E-state index contributed by atoms with van der Waals surface area (Å²) in [4.78, 5) is 17.8. The van der Waals surface area contributed by atoms with E-state index in [4.69, 9.17) is 9.47 Å². The van der Waals surface area contributed by atoms with Crippen molar-refractivity contribution in [2.24, 2.45) is 4.99 Å². The second kappa shape index (κ2) is 4.18. The van der Waals surface area contributed by atoms with Crippen molar-refractivity contribution >= 4 is 11.8 Å². The third-order valence-electron chi connectivity index (χ3n) is 2.65. The topological polar surface area (TPSA) is 51.1 Å². The molecule has 5 heteroatoms. The largest absolute Gasteiger partial charge is 0.460 e. The predicted octanol–water partition coefficient (Wildman–Crippen LogP) is 0.0509. The van der Waals surface area contributed by atoms with Crippen molar-refractivity contribution in [3.63, 3.8) is 0 Å². The first-order chi connectivity index (χ1) is 7.22. The van der Waals surface area contributed by atoms with Gasteiger partial charge in [-0.1, -0.05) is 0 Å². The summed E-state index contributed by atoms with van der Waals surface area (Å²) in [6.45, 7) is 6.20. The molecule has 2 heterocycles. The van der Waals surface area contributed by atoms with Crippen LogP contribution in [0.2, 0.25) is 0 Å². The molecule has 0 aromatic rings. The third kappa shape index (κ3) is 1.97. The summed E-state index contributed by atoms with van der Waals surface area (Å²) in [5, 5.41) is 0. The van der Waals surface area contributed by atoms with Crippen LogP contribution in [0.25, 0.3) is 0 Å². The first-order valence-corrected chi connectivity index (χ1v) is 5.32. The van der Waals surface area contributed by atoms with E-state index >= 15 is 0 Å². The first kappa shape index (κ1) is 10.4. The fourth-order valence-corrected chi connectivity index (χ4v) is 1.91. The molecule has 0 aromatic heterocycles. The summed E-state index contributed by atoms with van der Waals surface area (Å²) in [6.07, 6.45) is 0.152. The van der Waals surface area contributed by atoms with Crippen LogP contribution in [-0.4, -0.2) is 55.2 Å². The van der Waals surface area contributed by atoms with E-state index in [1.165, 1.54) is 0 Å². The zero-order valence-corrected chi connectivity index (χ0v) is 9.10. The van der Waals surface area contributed by atoms with Gasteiger partial charge in [-0.05, 0) is 13.8 Å². The number of hydrogen-bond donors (Lipinski definition) is 0. The quantitative estimate of drug-likeness (QED) is 0.607. The molecule has 2 aliphatic heterocycles. The van der Waals surface area contributed by atoms with E-state index in [0.29, 0.717) is 25.6 Å². The highest BCUT2D eigenvalue weighted by Gasteiger charge is 2.36. The minimum absolute atomic E-state index is 0.152. The summed E-state index contributed by atoms with van der Waals surface area (Å²) >= 11 is 0. The summed E-state index contributed by atoms with van der Waals surface area (Å²) in [5.41, 5.74) is 0. The van der Waals surface area contributed by atoms with Gasteiger partial charge in [0.05, 0.1) is 31.9 Å². The highest BCUT2D eigenvalue weighted by atomic mass is 16.5. The lowest BCUT2D eigenvalue weighted by molar-refractivity contribution is -0.136. The number of esters is 1. The van der Waals surface area contributed by atoms with E-state index in [1.54, 1.807) is 6.92 Å². The fourth-order valence-electron chi connectivity index (χ4n) is 1.91. The number of morpholine rings is 1. The summed E-state index contributed by atoms with van der Waals surface area (Å²) in [6, 6.07) is 0.223. The molecule has 15 heavy (non-hydrogen) atoms. The standard InChI is InChI=1S/C10H16N2O3/c1-3-14-10(13)9-11-4-8-6-15-7(2)5-12(8)9/h7-8H,3-6H2,1-2H3. The van der Waals surface area contributed by atoms with Crippen molar-refractivity contribution in [3.8, 4) is 0 Å². The number of carbonyl (C=O) groups is 1. The Morgan fingerprint density at radius 3 is 3.27 bits per heavy atom. The number of rotatable bonds is 2. The Bertz CT molecular complexity index is 290.